The highest BCUT2D eigenvalue weighted by atomic mass is 32.3. The van der Waals surface area contributed by atoms with E-state index in [9.17, 15) is 64.0 Å². The summed E-state index contributed by atoms with van der Waals surface area (Å²) in [6.45, 7) is 15.0. The molecule has 0 saturated carbocycles. The quantitative estimate of drug-likeness (QED) is 0.0657. The van der Waals surface area contributed by atoms with Crippen molar-refractivity contribution in [1.82, 2.24) is 12.9 Å². The lowest BCUT2D eigenvalue weighted by atomic mass is 10.2. The fraction of sp³-hybridized carbons (Fsp3) is 0.309. The number of nitrogens with zero attached hydrogens (tertiary/aromatic N) is 5. The lowest BCUT2D eigenvalue weighted by molar-refractivity contribution is 0.213. The number of benzene rings is 4. The third-order valence-corrected chi connectivity index (χ3v) is 31.8. The molecule has 7 aromatic rings. The number of hydrogen-bond donors (Lipinski definition) is 3. The van der Waals surface area contributed by atoms with E-state index >= 15 is 0 Å². The summed E-state index contributed by atoms with van der Waals surface area (Å²) >= 11 is 2.75. The average molecular weight is 1380 g/mol. The Balaban J connectivity index is 0.000000172. The maximum absolute atomic E-state index is 13.5. The van der Waals surface area contributed by atoms with Gasteiger partial charge in [0.05, 0.1) is 59.8 Å². The van der Waals surface area contributed by atoms with Crippen molar-refractivity contribution < 1.29 is 64.0 Å². The molecule has 0 spiro atoms. The molecule has 0 radical (unpaired) electrons. The van der Waals surface area contributed by atoms with E-state index in [0.29, 0.717) is 50.1 Å². The average Bonchev–Trinajstić information content (AvgIpc) is 1.98. The molecule has 0 unspecified atom stereocenters. The summed E-state index contributed by atoms with van der Waals surface area (Å²) in [5.41, 5.74) is 11.3. The van der Waals surface area contributed by atoms with Crippen LogP contribution in [0.15, 0.2) is 186 Å². The summed E-state index contributed by atoms with van der Waals surface area (Å²) in [6, 6.07) is 31.3. The highest BCUT2D eigenvalue weighted by Gasteiger charge is 2.39. The number of sulfonamides is 3. The molecular weight excluding hydrogens is 1320 g/mol. The van der Waals surface area contributed by atoms with Crippen LogP contribution in [0.25, 0.3) is 9.69 Å². The monoisotopic (exact) mass is 1380 g/mol. The second kappa shape index (κ2) is 27.6. The Morgan fingerprint density at radius 3 is 1.21 bits per heavy atom. The number of rotatable bonds is 19. The van der Waals surface area contributed by atoms with Gasteiger partial charge < -0.3 is 16.6 Å². The van der Waals surface area contributed by atoms with Crippen LogP contribution in [0.3, 0.4) is 0 Å². The summed E-state index contributed by atoms with van der Waals surface area (Å²) in [7, 11) is -27.0. The number of aliphatic hydroxyl groups excluding tert-OH is 1. The molecule has 0 bridgehead atoms. The minimum absolute atomic E-state index is 0.00699. The van der Waals surface area contributed by atoms with Gasteiger partial charge in [0.25, 0.3) is 0 Å². The Labute approximate surface area is 519 Å². The standard InChI is InChI=1S/C23H26N2O6S4.C16H17N3O4S3.C16H16N2O5S3/c24-17-19-11-12-23(32-19)34(28,29)21-9-4-10-22(16-21)35(30,31)25-14-5-6-18(25)13-15-33(26,27)20-7-2-1-3-8-20;1-18-15-7-8-16(24-15)25(20,21)13-5-2-6-14(10-13)26(22,23)19-9-3-4-12(19)11-17;1-17-15-7-8-16(24-15)25(20,21)13-5-2-6-14(10-13)26(22,23)18-9-3-4-12(18)11-19/h1-4,7-12,16,18H,5-6,13-15,17,24H2;2,5-8,10,12H,3-4,9,11,17H2;2,5-8,10,12,19H,3-4,9,11H2/t18-;2*12-/m000/s1. The van der Waals surface area contributed by atoms with Gasteiger partial charge in [-0.25, -0.2) is 68.6 Å². The molecular formula is C55H59N7O15S10. The molecule has 3 saturated heterocycles. The molecule has 10 rings (SSSR count). The molecule has 87 heavy (non-hydrogen) atoms. The zero-order valence-electron chi connectivity index (χ0n) is 46.0. The highest BCUT2D eigenvalue weighted by molar-refractivity contribution is 7.94. The van der Waals surface area contributed by atoms with Crippen LogP contribution in [-0.2, 0) is 76.0 Å². The van der Waals surface area contributed by atoms with Crippen molar-refractivity contribution in [2.75, 3.05) is 38.5 Å². The number of thiophene rings is 3. The highest BCUT2D eigenvalue weighted by Crippen LogP contribution is 2.37. The Hall–Kier alpha value is -5.63. The molecule has 3 aliphatic heterocycles. The van der Waals surface area contributed by atoms with E-state index < -0.39 is 81.5 Å². The molecule has 0 aliphatic carbocycles. The molecule has 32 heteroatoms. The van der Waals surface area contributed by atoms with Crippen molar-refractivity contribution in [2.24, 2.45) is 11.5 Å². The lowest BCUT2D eigenvalue weighted by Crippen LogP contribution is -2.39. The first kappa shape index (κ1) is 67.3. The molecule has 5 N–H and O–H groups in total. The molecule has 6 heterocycles. The van der Waals surface area contributed by atoms with E-state index in [1.54, 1.807) is 24.3 Å². The Kier molecular flexibility index (Phi) is 21.4. The summed E-state index contributed by atoms with van der Waals surface area (Å²) < 4.78 is 185. The summed E-state index contributed by atoms with van der Waals surface area (Å²) in [4.78, 5) is 6.63. The first-order valence-corrected chi connectivity index (χ1v) is 39.5. The van der Waals surface area contributed by atoms with E-state index in [-0.39, 0.29) is 101 Å². The normalized spacial score (nSPS) is 18.2. The van der Waals surface area contributed by atoms with Crippen molar-refractivity contribution >= 4 is 113 Å². The zero-order chi connectivity index (χ0) is 63.2. The summed E-state index contributed by atoms with van der Waals surface area (Å²) in [5.74, 6) is -0.177. The van der Waals surface area contributed by atoms with Gasteiger partial charge >= 0.3 is 0 Å². The first-order chi connectivity index (χ1) is 41.2. The van der Waals surface area contributed by atoms with Gasteiger partial charge in [-0.05, 0) is 148 Å². The number of nitrogens with two attached hydrogens (primary N) is 2. The van der Waals surface area contributed by atoms with Crippen LogP contribution in [0, 0.1) is 13.1 Å². The predicted molar refractivity (Wildman–Crippen MR) is 329 cm³/mol. The van der Waals surface area contributed by atoms with E-state index in [2.05, 4.69) is 9.69 Å². The first-order valence-electron chi connectivity index (χ1n) is 26.6. The minimum atomic E-state index is -4.03. The molecule has 22 nitrogen and oxygen atoms in total. The van der Waals surface area contributed by atoms with E-state index in [0.717, 1.165) is 46.5 Å². The van der Waals surface area contributed by atoms with Gasteiger partial charge in [0.15, 0.2) is 9.84 Å². The van der Waals surface area contributed by atoms with Crippen LogP contribution in [0.1, 0.15) is 49.8 Å². The van der Waals surface area contributed by atoms with Gasteiger partial charge in [0, 0.05) is 55.7 Å². The van der Waals surface area contributed by atoms with E-state index in [1.807, 2.05) is 0 Å². The molecule has 3 aliphatic rings. The second-order valence-electron chi connectivity index (χ2n) is 19.8. The molecule has 0 amide bonds. The van der Waals surface area contributed by atoms with Crippen molar-refractivity contribution in [2.45, 2.75) is 117 Å². The largest absolute Gasteiger partial charge is 0.395 e. The number of sulfone groups is 4. The van der Waals surface area contributed by atoms with Gasteiger partial charge in [-0.15, -0.1) is 34.0 Å². The number of aliphatic hydroxyl groups is 1. The summed E-state index contributed by atoms with van der Waals surface area (Å²) in [5, 5.41) is 9.89. The van der Waals surface area contributed by atoms with Gasteiger partial charge in [-0.3, -0.25) is 0 Å². The van der Waals surface area contributed by atoms with E-state index in [1.165, 1.54) is 122 Å². The predicted octanol–water partition coefficient (Wildman–Crippen LogP) is 7.58. The van der Waals surface area contributed by atoms with Gasteiger partial charge in [0.2, 0.25) is 69.6 Å². The lowest BCUT2D eigenvalue weighted by Gasteiger charge is -2.24. The van der Waals surface area contributed by atoms with E-state index in [4.69, 9.17) is 24.6 Å². The van der Waals surface area contributed by atoms with Crippen LogP contribution in [-0.4, -0.2) is 134 Å². The Morgan fingerprint density at radius 1 is 0.448 bits per heavy atom. The molecule has 3 atom stereocenters. The van der Waals surface area contributed by atoms with Crippen molar-refractivity contribution in [1.29, 1.82) is 0 Å². The third-order valence-electron chi connectivity index (χ3n) is 14.4. The maximum atomic E-state index is 13.5. The Bertz CT molecular complexity index is 4390. The zero-order valence-corrected chi connectivity index (χ0v) is 54.2. The van der Waals surface area contributed by atoms with Crippen molar-refractivity contribution in [3.63, 3.8) is 0 Å². The second-order valence-corrected chi connectivity index (χ2v) is 37.4. The van der Waals surface area contributed by atoms with Gasteiger partial charge in [-0.2, -0.15) is 12.9 Å². The third kappa shape index (κ3) is 14.7. The van der Waals surface area contributed by atoms with Gasteiger partial charge in [0.1, 0.15) is 12.6 Å². The van der Waals surface area contributed by atoms with Gasteiger partial charge in [-0.1, -0.05) is 36.4 Å². The van der Waals surface area contributed by atoms with Crippen LogP contribution < -0.4 is 11.5 Å². The van der Waals surface area contributed by atoms with Crippen LogP contribution in [0.4, 0.5) is 10.0 Å². The van der Waals surface area contributed by atoms with Crippen LogP contribution in [0.5, 0.6) is 0 Å². The smallest absolute Gasteiger partial charge is 0.243 e. The summed E-state index contributed by atoms with van der Waals surface area (Å²) in [6.07, 6.45) is 3.95. The Morgan fingerprint density at radius 2 is 0.816 bits per heavy atom. The molecule has 4 aromatic carbocycles. The minimum Gasteiger partial charge on any atom is -0.395 e. The SMILES string of the molecule is NCc1ccc(S(=O)(=O)c2cccc(S(=O)(=O)N3CCC[C@H]3CCS(=O)(=O)c3ccccc3)c2)s1.[C-]#[N+]c1ccc(S(=O)(=O)c2cccc(S(=O)(=O)N3CCC[C@H]3CN)c2)s1.[C-]#[N+]c1ccc(S(=O)(=O)c2cccc(S(=O)(=O)N3CCC[C@H]3CO)c2)s1. The van der Waals surface area contributed by atoms with Crippen molar-refractivity contribution in [3.05, 3.63) is 167 Å². The fourth-order valence-corrected chi connectivity index (χ4v) is 24.5. The number of hydrogen-bond acceptors (Lipinski definition) is 20. The van der Waals surface area contributed by atoms with Crippen molar-refractivity contribution in [3.8, 4) is 0 Å². The maximum Gasteiger partial charge on any atom is 0.243 e. The fourth-order valence-electron chi connectivity index (χ4n) is 9.92. The molecule has 464 valence electrons. The molecule has 3 fully saturated rings. The van der Waals surface area contributed by atoms with Crippen LogP contribution >= 0.6 is 34.0 Å². The van der Waals surface area contributed by atoms with Crippen LogP contribution in [0.2, 0.25) is 0 Å². The molecule has 3 aromatic heterocycles. The topological polar surface area (TPSA) is 330 Å².